The zero-order chi connectivity index (χ0) is 19.3. The van der Waals surface area contributed by atoms with Gasteiger partial charge in [0.1, 0.15) is 16.5 Å². The fourth-order valence-corrected chi connectivity index (χ4v) is 3.22. The zero-order valence-corrected chi connectivity index (χ0v) is 15.7. The summed E-state index contributed by atoms with van der Waals surface area (Å²) in [7, 11) is 3.03. The van der Waals surface area contributed by atoms with Gasteiger partial charge in [-0.25, -0.2) is 4.79 Å². The van der Waals surface area contributed by atoms with E-state index in [0.29, 0.717) is 28.4 Å². The average molecular weight is 377 g/mol. The molecule has 0 radical (unpaired) electrons. The van der Waals surface area contributed by atoms with Gasteiger partial charge in [0.05, 0.1) is 25.5 Å². The van der Waals surface area contributed by atoms with Gasteiger partial charge in [-0.1, -0.05) is 11.8 Å². The lowest BCUT2D eigenvalue weighted by Crippen LogP contribution is -2.19. The van der Waals surface area contributed by atoms with Crippen molar-refractivity contribution in [1.29, 1.82) is 0 Å². The van der Waals surface area contributed by atoms with Crippen LogP contribution in [0.3, 0.4) is 0 Å². The van der Waals surface area contributed by atoms with Gasteiger partial charge in [-0.2, -0.15) is 4.98 Å². The fourth-order valence-electron chi connectivity index (χ4n) is 2.29. The average Bonchev–Trinajstić information content (AvgIpc) is 2.58. The Morgan fingerprint density at radius 3 is 2.35 bits per heavy atom. The third kappa shape index (κ3) is 4.85. The van der Waals surface area contributed by atoms with Gasteiger partial charge in [0, 0.05) is 29.6 Å². The Balaban J connectivity index is 2.13. The first kappa shape index (κ1) is 19.5. The smallest absolute Gasteiger partial charge is 0.346 e. The number of H-pyrrole nitrogens is 1. The van der Waals surface area contributed by atoms with Crippen LogP contribution in [0.4, 0.5) is 5.69 Å². The van der Waals surface area contributed by atoms with Crippen LogP contribution >= 0.6 is 11.8 Å². The topological polar surface area (TPSA) is 110 Å². The lowest BCUT2D eigenvalue weighted by atomic mass is 10.2. The largest absolute Gasteiger partial charge is 0.497 e. The predicted octanol–water partition coefficient (Wildman–Crippen LogP) is 2.03. The summed E-state index contributed by atoms with van der Waals surface area (Å²) in [6.07, 6.45) is 0. The highest BCUT2D eigenvalue weighted by molar-refractivity contribution is 8.00. The second-order valence-corrected chi connectivity index (χ2v) is 6.31. The number of ether oxygens (including phenoxy) is 2. The summed E-state index contributed by atoms with van der Waals surface area (Å²) < 4.78 is 10.3. The number of aromatic nitrogens is 2. The molecular weight excluding hydrogens is 358 g/mol. The van der Waals surface area contributed by atoms with Gasteiger partial charge < -0.3 is 19.8 Å². The van der Waals surface area contributed by atoms with E-state index in [0.717, 1.165) is 11.8 Å². The molecule has 1 aromatic carbocycles. The molecule has 0 bridgehead atoms. The second kappa shape index (κ2) is 8.52. The van der Waals surface area contributed by atoms with Crippen molar-refractivity contribution in [3.63, 3.8) is 0 Å². The number of rotatable bonds is 7. The minimum atomic E-state index is -0.562. The van der Waals surface area contributed by atoms with E-state index in [2.05, 4.69) is 15.3 Å². The van der Waals surface area contributed by atoms with Gasteiger partial charge >= 0.3 is 5.69 Å². The third-order valence-corrected chi connectivity index (χ3v) is 4.39. The minimum Gasteiger partial charge on any atom is -0.497 e. The van der Waals surface area contributed by atoms with Crippen molar-refractivity contribution in [3.05, 3.63) is 39.9 Å². The van der Waals surface area contributed by atoms with Crippen LogP contribution in [-0.4, -0.2) is 41.6 Å². The van der Waals surface area contributed by atoms with E-state index in [9.17, 15) is 14.4 Å². The summed E-state index contributed by atoms with van der Waals surface area (Å²) in [5.74, 6) is 0.512. The number of hydrogen-bond acceptors (Lipinski definition) is 7. The lowest BCUT2D eigenvalue weighted by molar-refractivity contribution is -0.113. The van der Waals surface area contributed by atoms with E-state index in [1.165, 1.54) is 21.1 Å². The molecule has 2 aromatic rings. The van der Waals surface area contributed by atoms with Crippen LogP contribution < -0.4 is 20.5 Å². The van der Waals surface area contributed by atoms with Crippen LogP contribution in [0.25, 0.3) is 0 Å². The van der Waals surface area contributed by atoms with Gasteiger partial charge in [-0.3, -0.25) is 9.59 Å². The summed E-state index contributed by atoms with van der Waals surface area (Å²) >= 11 is 1.02. The quantitative estimate of drug-likeness (QED) is 0.431. The molecule has 0 atom stereocenters. The summed E-state index contributed by atoms with van der Waals surface area (Å²) in [5, 5.41) is 2.95. The Morgan fingerprint density at radius 2 is 1.81 bits per heavy atom. The van der Waals surface area contributed by atoms with Crippen molar-refractivity contribution < 1.29 is 19.1 Å². The van der Waals surface area contributed by atoms with E-state index >= 15 is 0 Å². The Kier molecular flexibility index (Phi) is 6.40. The number of carbonyl (C=O) groups is 2. The molecule has 1 heterocycles. The molecule has 1 aromatic heterocycles. The number of carbonyl (C=O) groups excluding carboxylic acids is 2. The molecular formula is C17H19N3O5S. The number of thioether (sulfide) groups is 1. The molecule has 26 heavy (non-hydrogen) atoms. The number of benzene rings is 1. The highest BCUT2D eigenvalue weighted by Gasteiger charge is 2.16. The van der Waals surface area contributed by atoms with E-state index in [4.69, 9.17) is 9.47 Å². The maximum absolute atomic E-state index is 12.2. The number of anilines is 1. The molecule has 138 valence electrons. The lowest BCUT2D eigenvalue weighted by Gasteiger charge is -2.10. The van der Waals surface area contributed by atoms with Gasteiger partial charge in [0.25, 0.3) is 0 Å². The molecule has 0 aliphatic rings. The molecule has 8 nitrogen and oxygen atoms in total. The first-order chi connectivity index (χ1) is 12.3. The molecule has 2 N–H and O–H groups in total. The summed E-state index contributed by atoms with van der Waals surface area (Å²) in [5.41, 5.74) is 0.685. The van der Waals surface area contributed by atoms with Crippen LogP contribution in [0.1, 0.15) is 23.0 Å². The number of nitrogens with zero attached hydrogens (tertiary/aromatic N) is 1. The zero-order valence-electron chi connectivity index (χ0n) is 14.8. The molecule has 1 amide bonds. The second-order valence-electron chi connectivity index (χ2n) is 5.34. The number of nitrogens with one attached hydrogen (secondary N) is 2. The van der Waals surface area contributed by atoms with Crippen LogP contribution in [-0.2, 0) is 4.79 Å². The van der Waals surface area contributed by atoms with Gasteiger partial charge in [0.2, 0.25) is 5.91 Å². The molecule has 0 aliphatic heterocycles. The molecule has 0 saturated carbocycles. The van der Waals surface area contributed by atoms with Crippen molar-refractivity contribution >= 4 is 29.1 Å². The first-order valence-electron chi connectivity index (χ1n) is 7.61. The van der Waals surface area contributed by atoms with E-state index in [1.807, 2.05) is 0 Å². The summed E-state index contributed by atoms with van der Waals surface area (Å²) in [6, 6.07) is 5.00. The van der Waals surface area contributed by atoms with Crippen molar-refractivity contribution in [2.45, 2.75) is 18.9 Å². The number of Topliss-reactive ketones (excluding diaryl/α,β-unsaturated/α-hetero) is 1. The van der Waals surface area contributed by atoms with Gasteiger partial charge in [-0.15, -0.1) is 0 Å². The van der Waals surface area contributed by atoms with Crippen molar-refractivity contribution in [3.8, 4) is 11.5 Å². The number of aromatic amines is 1. The highest BCUT2D eigenvalue weighted by atomic mass is 32.2. The number of amides is 1. The normalized spacial score (nSPS) is 10.3. The van der Waals surface area contributed by atoms with Gasteiger partial charge in [-0.05, 0) is 13.8 Å². The summed E-state index contributed by atoms with van der Waals surface area (Å²) in [4.78, 5) is 41.8. The highest BCUT2D eigenvalue weighted by Crippen LogP contribution is 2.26. The molecule has 2 rings (SSSR count). The Morgan fingerprint density at radius 1 is 1.19 bits per heavy atom. The molecule has 0 saturated heterocycles. The monoisotopic (exact) mass is 377 g/mol. The minimum absolute atomic E-state index is 0.0182. The maximum Gasteiger partial charge on any atom is 0.346 e. The maximum atomic E-state index is 12.2. The number of methoxy groups -OCH3 is 2. The first-order valence-corrected chi connectivity index (χ1v) is 8.60. The third-order valence-electron chi connectivity index (χ3n) is 3.41. The van der Waals surface area contributed by atoms with Gasteiger partial charge in [0.15, 0.2) is 5.78 Å². The Labute approximate surface area is 154 Å². The Hall–Kier alpha value is -2.81. The molecule has 0 spiro atoms. The molecule has 9 heteroatoms. The molecule has 0 fully saturated rings. The van der Waals surface area contributed by atoms with Crippen LogP contribution in [0.2, 0.25) is 0 Å². The van der Waals surface area contributed by atoms with E-state index < -0.39 is 5.69 Å². The number of ketones is 1. The fraction of sp³-hybridized carbons (Fsp3) is 0.294. The van der Waals surface area contributed by atoms with E-state index in [1.54, 1.807) is 25.1 Å². The summed E-state index contributed by atoms with van der Waals surface area (Å²) in [6.45, 7) is 3.00. The number of hydrogen-bond donors (Lipinski definition) is 2. The van der Waals surface area contributed by atoms with Crippen molar-refractivity contribution in [1.82, 2.24) is 9.97 Å². The van der Waals surface area contributed by atoms with E-state index in [-0.39, 0.29) is 22.5 Å². The standard InChI is InChI=1S/C17H19N3O5S/c1-9-15(10(2)21)16(20-17(23)18-9)26-8-14(22)19-11-5-12(24-3)7-13(6-11)25-4/h5-7H,8H2,1-4H3,(H,19,22)(H,18,20,23). The molecule has 0 aliphatic carbocycles. The van der Waals surface area contributed by atoms with Crippen LogP contribution in [0, 0.1) is 6.92 Å². The van der Waals surface area contributed by atoms with Crippen molar-refractivity contribution in [2.75, 3.05) is 25.3 Å². The molecule has 0 unspecified atom stereocenters. The number of aryl methyl sites for hydroxylation is 1. The Bertz CT molecular complexity index is 872. The van der Waals surface area contributed by atoms with Crippen LogP contribution in [0.5, 0.6) is 11.5 Å². The predicted molar refractivity (Wildman–Crippen MR) is 98.5 cm³/mol. The SMILES string of the molecule is COc1cc(NC(=O)CSc2nc(=O)[nH]c(C)c2C(C)=O)cc(OC)c1. The van der Waals surface area contributed by atoms with Crippen LogP contribution in [0.15, 0.2) is 28.0 Å². The van der Waals surface area contributed by atoms with Crippen molar-refractivity contribution in [2.24, 2.45) is 0 Å².